The number of benzene rings is 2. The van der Waals surface area contributed by atoms with Crippen molar-refractivity contribution in [2.45, 2.75) is 0 Å². The van der Waals surface area contributed by atoms with E-state index in [-0.39, 0.29) is 34.0 Å². The molecule has 0 fully saturated rings. The first-order valence-electron chi connectivity index (χ1n) is 6.17. The number of phenolic OH excluding ortho intramolecular Hbond substituents is 1. The van der Waals surface area contributed by atoms with Gasteiger partial charge in [-0.25, -0.2) is 4.79 Å². The summed E-state index contributed by atoms with van der Waals surface area (Å²) in [5.74, 6) is -1.33. The Balaban J connectivity index is 2.43. The van der Waals surface area contributed by atoms with Crippen molar-refractivity contribution in [3.8, 4) is 11.5 Å². The van der Waals surface area contributed by atoms with Gasteiger partial charge in [0.2, 0.25) is 0 Å². The highest BCUT2D eigenvalue weighted by Gasteiger charge is 2.11. The lowest BCUT2D eigenvalue weighted by Gasteiger charge is -2.06. The molecule has 0 aliphatic rings. The molecular formula is C15H12N2O5. The zero-order chi connectivity index (χ0) is 16.1. The summed E-state index contributed by atoms with van der Waals surface area (Å²) in [5, 5.41) is 26.5. The summed E-state index contributed by atoms with van der Waals surface area (Å²) in [6.45, 7) is 0. The maximum absolute atomic E-state index is 11.1. The van der Waals surface area contributed by atoms with Crippen LogP contribution in [0.2, 0.25) is 0 Å². The number of methoxy groups -OCH3 is 1. The number of aromatic carboxylic acids is 1. The van der Waals surface area contributed by atoms with Crippen LogP contribution in [0, 0.1) is 0 Å². The Labute approximate surface area is 125 Å². The number of carbonyl (C=O) groups is 2. The van der Waals surface area contributed by atoms with Gasteiger partial charge in [-0.1, -0.05) is 12.1 Å². The molecule has 0 saturated carbocycles. The number of nitrogens with zero attached hydrogens (tertiary/aromatic N) is 2. The molecule has 0 aliphatic heterocycles. The fourth-order valence-electron chi connectivity index (χ4n) is 1.77. The predicted octanol–water partition coefficient (Wildman–Crippen LogP) is 3.33. The van der Waals surface area contributed by atoms with Crippen LogP contribution in [-0.2, 0) is 0 Å². The predicted molar refractivity (Wildman–Crippen MR) is 77.6 cm³/mol. The number of aldehydes is 1. The number of azo groups is 1. The smallest absolute Gasteiger partial charge is 0.337 e. The van der Waals surface area contributed by atoms with Crippen LogP contribution in [0.4, 0.5) is 11.4 Å². The average Bonchev–Trinajstić information content (AvgIpc) is 2.53. The van der Waals surface area contributed by atoms with Crippen LogP contribution in [0.3, 0.4) is 0 Å². The highest BCUT2D eigenvalue weighted by atomic mass is 16.5. The van der Waals surface area contributed by atoms with Crippen molar-refractivity contribution in [1.29, 1.82) is 0 Å². The molecular weight excluding hydrogens is 288 g/mol. The normalized spacial score (nSPS) is 10.6. The molecule has 2 N–H and O–H groups in total. The monoisotopic (exact) mass is 300 g/mol. The molecule has 0 heterocycles. The number of hydrogen-bond acceptors (Lipinski definition) is 6. The zero-order valence-corrected chi connectivity index (χ0v) is 11.6. The average molecular weight is 300 g/mol. The molecule has 0 aliphatic carbocycles. The highest BCUT2D eigenvalue weighted by molar-refractivity contribution is 5.93. The van der Waals surface area contributed by atoms with Gasteiger partial charge in [0, 0.05) is 6.07 Å². The zero-order valence-electron chi connectivity index (χ0n) is 11.6. The van der Waals surface area contributed by atoms with E-state index in [1.807, 2.05) is 0 Å². The molecule has 0 bridgehead atoms. The second-order valence-corrected chi connectivity index (χ2v) is 4.23. The summed E-state index contributed by atoms with van der Waals surface area (Å²) >= 11 is 0. The van der Waals surface area contributed by atoms with E-state index in [0.717, 1.165) is 0 Å². The van der Waals surface area contributed by atoms with Gasteiger partial charge in [0.1, 0.15) is 5.69 Å². The number of hydrogen-bond donors (Lipinski definition) is 2. The van der Waals surface area contributed by atoms with Gasteiger partial charge in [-0.15, -0.1) is 5.11 Å². The standard InChI is InChI=1S/C15H12N2O5/c1-22-13-7-10(6-9(8-18)14(13)19)16-17-12-5-3-2-4-11(12)15(20)21/h2-8,19H,1H3,(H,20,21). The molecule has 0 spiro atoms. The van der Waals surface area contributed by atoms with Crippen molar-refractivity contribution in [3.63, 3.8) is 0 Å². The summed E-state index contributed by atoms with van der Waals surface area (Å²) in [7, 11) is 1.34. The SMILES string of the molecule is COc1cc(N=Nc2ccccc2C(=O)O)cc(C=O)c1O. The van der Waals surface area contributed by atoms with Crippen molar-refractivity contribution in [2.75, 3.05) is 7.11 Å². The second kappa shape index (κ2) is 6.49. The summed E-state index contributed by atoms with van der Waals surface area (Å²) in [5.41, 5.74) is 0.430. The fourth-order valence-corrected chi connectivity index (χ4v) is 1.77. The van der Waals surface area contributed by atoms with Gasteiger partial charge in [-0.05, 0) is 18.2 Å². The van der Waals surface area contributed by atoms with E-state index in [4.69, 9.17) is 9.84 Å². The molecule has 7 nitrogen and oxygen atoms in total. The lowest BCUT2D eigenvalue weighted by molar-refractivity contribution is 0.0697. The Kier molecular flexibility index (Phi) is 4.47. The van der Waals surface area contributed by atoms with Gasteiger partial charge >= 0.3 is 5.97 Å². The minimum atomic E-state index is -1.12. The van der Waals surface area contributed by atoms with Gasteiger partial charge in [0.25, 0.3) is 0 Å². The first kappa shape index (κ1) is 15.2. The second-order valence-electron chi connectivity index (χ2n) is 4.23. The summed E-state index contributed by atoms with van der Waals surface area (Å²) in [6.07, 6.45) is 0.460. The van der Waals surface area contributed by atoms with E-state index >= 15 is 0 Å². The Hall–Kier alpha value is -3.22. The van der Waals surface area contributed by atoms with Gasteiger partial charge in [0.15, 0.2) is 17.8 Å². The number of phenols is 1. The number of carboxylic acids is 1. The molecule has 0 aromatic heterocycles. The first-order chi connectivity index (χ1) is 10.6. The molecule has 0 amide bonds. The van der Waals surface area contributed by atoms with Crippen molar-refractivity contribution in [2.24, 2.45) is 10.2 Å². The van der Waals surface area contributed by atoms with E-state index in [2.05, 4.69) is 10.2 Å². The van der Waals surface area contributed by atoms with Crippen LogP contribution < -0.4 is 4.74 Å². The maximum atomic E-state index is 11.1. The molecule has 112 valence electrons. The van der Waals surface area contributed by atoms with E-state index in [9.17, 15) is 14.7 Å². The molecule has 0 saturated heterocycles. The molecule has 2 aromatic rings. The third kappa shape index (κ3) is 3.09. The van der Waals surface area contributed by atoms with Crippen molar-refractivity contribution >= 4 is 23.6 Å². The van der Waals surface area contributed by atoms with Gasteiger partial charge in [0.05, 0.1) is 23.9 Å². The van der Waals surface area contributed by atoms with Crippen molar-refractivity contribution in [3.05, 3.63) is 47.5 Å². The lowest BCUT2D eigenvalue weighted by Crippen LogP contribution is -1.95. The number of rotatable bonds is 5. The number of aromatic hydroxyl groups is 1. The summed E-state index contributed by atoms with van der Waals surface area (Å²) < 4.78 is 4.94. The van der Waals surface area contributed by atoms with E-state index in [1.54, 1.807) is 12.1 Å². The van der Waals surface area contributed by atoms with E-state index < -0.39 is 5.97 Å². The molecule has 0 unspecified atom stereocenters. The molecule has 22 heavy (non-hydrogen) atoms. The van der Waals surface area contributed by atoms with Gasteiger partial charge < -0.3 is 14.9 Å². The topological polar surface area (TPSA) is 109 Å². The van der Waals surface area contributed by atoms with E-state index in [1.165, 1.54) is 31.4 Å². The number of carboxylic acid groups (broad SMARTS) is 1. The Morgan fingerprint density at radius 1 is 1.23 bits per heavy atom. The Morgan fingerprint density at radius 3 is 2.59 bits per heavy atom. The maximum Gasteiger partial charge on any atom is 0.337 e. The van der Waals surface area contributed by atoms with Crippen LogP contribution in [0.25, 0.3) is 0 Å². The molecule has 0 atom stereocenters. The molecule has 2 rings (SSSR count). The van der Waals surface area contributed by atoms with Crippen molar-refractivity contribution < 1.29 is 24.5 Å². The summed E-state index contributed by atoms with van der Waals surface area (Å²) in [6, 6.07) is 8.83. The quantitative estimate of drug-likeness (QED) is 0.650. The largest absolute Gasteiger partial charge is 0.504 e. The van der Waals surface area contributed by atoms with Crippen LogP contribution in [-0.4, -0.2) is 29.6 Å². The molecule has 0 radical (unpaired) electrons. The highest BCUT2D eigenvalue weighted by Crippen LogP contribution is 2.34. The van der Waals surface area contributed by atoms with Crippen molar-refractivity contribution in [1.82, 2.24) is 0 Å². The third-order valence-electron chi connectivity index (χ3n) is 2.84. The minimum absolute atomic E-state index is 0.000167. The Bertz CT molecular complexity index is 756. The lowest BCUT2D eigenvalue weighted by atomic mass is 10.2. The summed E-state index contributed by atoms with van der Waals surface area (Å²) in [4.78, 5) is 22.0. The Morgan fingerprint density at radius 2 is 1.95 bits per heavy atom. The van der Waals surface area contributed by atoms with Gasteiger partial charge in [-0.2, -0.15) is 5.11 Å². The fraction of sp³-hybridized carbons (Fsp3) is 0.0667. The number of ether oxygens (including phenoxy) is 1. The molecule has 2 aromatic carbocycles. The first-order valence-corrected chi connectivity index (χ1v) is 6.17. The van der Waals surface area contributed by atoms with Crippen LogP contribution in [0.5, 0.6) is 11.5 Å². The van der Waals surface area contributed by atoms with Crippen LogP contribution in [0.15, 0.2) is 46.6 Å². The van der Waals surface area contributed by atoms with Crippen LogP contribution in [0.1, 0.15) is 20.7 Å². The van der Waals surface area contributed by atoms with Crippen LogP contribution >= 0.6 is 0 Å². The molecule has 7 heteroatoms. The van der Waals surface area contributed by atoms with Gasteiger partial charge in [-0.3, -0.25) is 4.79 Å². The minimum Gasteiger partial charge on any atom is -0.504 e. The third-order valence-corrected chi connectivity index (χ3v) is 2.84. The number of carbonyl (C=O) groups excluding carboxylic acids is 1. The van der Waals surface area contributed by atoms with E-state index in [0.29, 0.717) is 6.29 Å².